The van der Waals surface area contributed by atoms with Crippen molar-refractivity contribution >= 4 is 23.8 Å². The number of carbonyl (C=O) groups excluding carboxylic acids is 1. The van der Waals surface area contributed by atoms with Crippen LogP contribution < -0.4 is 5.32 Å². The number of carboxylic acids is 1. The molecule has 0 spiro atoms. The zero-order valence-corrected chi connectivity index (χ0v) is 12.3. The van der Waals surface area contributed by atoms with E-state index in [1.165, 1.54) is 4.90 Å². The molecule has 1 unspecified atom stereocenters. The van der Waals surface area contributed by atoms with Crippen LogP contribution in [0.1, 0.15) is 6.92 Å². The van der Waals surface area contributed by atoms with E-state index >= 15 is 0 Å². The number of halogens is 3. The number of urea groups is 1. The number of hydrogen-bond acceptors (Lipinski definition) is 4. The van der Waals surface area contributed by atoms with Crippen molar-refractivity contribution in [2.45, 2.75) is 18.5 Å². The fourth-order valence-electron chi connectivity index (χ4n) is 1.91. The van der Waals surface area contributed by atoms with Gasteiger partial charge in [0.2, 0.25) is 0 Å². The number of carboxylic acid groups (broad SMARTS) is 1. The monoisotopic (exact) mass is 329 g/mol. The summed E-state index contributed by atoms with van der Waals surface area (Å²) in [5, 5.41) is 11.3. The van der Waals surface area contributed by atoms with Gasteiger partial charge in [0, 0.05) is 38.5 Å². The first kappa shape index (κ1) is 17.9. The van der Waals surface area contributed by atoms with E-state index in [1.807, 2.05) is 0 Å². The van der Waals surface area contributed by atoms with Crippen molar-refractivity contribution in [2.75, 3.05) is 38.5 Å². The molecule has 0 aromatic rings. The highest BCUT2D eigenvalue weighted by Gasteiger charge is 2.29. The molecule has 0 bridgehead atoms. The van der Waals surface area contributed by atoms with E-state index in [1.54, 1.807) is 11.8 Å². The van der Waals surface area contributed by atoms with E-state index in [0.29, 0.717) is 26.2 Å². The Kier molecular flexibility index (Phi) is 6.59. The summed E-state index contributed by atoms with van der Waals surface area (Å²) in [6, 6.07) is -1.03. The normalized spacial score (nSPS) is 18.4. The quantitative estimate of drug-likeness (QED) is 0.738. The highest BCUT2D eigenvalue weighted by Crippen LogP contribution is 2.29. The second-order valence-electron chi connectivity index (χ2n) is 4.56. The van der Waals surface area contributed by atoms with Crippen LogP contribution in [-0.4, -0.2) is 76.9 Å². The third-order valence-electron chi connectivity index (χ3n) is 3.15. The number of piperazine rings is 1. The molecule has 122 valence electrons. The molecule has 0 aliphatic carbocycles. The Morgan fingerprint density at radius 3 is 2.33 bits per heavy atom. The van der Waals surface area contributed by atoms with E-state index in [9.17, 15) is 22.8 Å². The third kappa shape index (κ3) is 6.42. The minimum atomic E-state index is -4.29. The highest BCUT2D eigenvalue weighted by atomic mass is 32.2. The molecule has 21 heavy (non-hydrogen) atoms. The van der Waals surface area contributed by atoms with Crippen molar-refractivity contribution < 1.29 is 27.9 Å². The second-order valence-corrected chi connectivity index (χ2v) is 5.72. The molecule has 0 aromatic carbocycles. The lowest BCUT2D eigenvalue weighted by atomic mass is 10.2. The average molecular weight is 329 g/mol. The molecule has 2 amide bonds. The number of rotatable bonds is 5. The summed E-state index contributed by atoms with van der Waals surface area (Å²) in [7, 11) is 0. The van der Waals surface area contributed by atoms with Crippen molar-refractivity contribution in [3.63, 3.8) is 0 Å². The van der Waals surface area contributed by atoms with Gasteiger partial charge in [-0.05, 0) is 18.7 Å². The van der Waals surface area contributed by atoms with Gasteiger partial charge in [0.15, 0.2) is 0 Å². The Balaban J connectivity index is 2.24. The molecule has 6 nitrogen and oxygen atoms in total. The molecule has 1 saturated heterocycles. The molecular weight excluding hydrogens is 311 g/mol. The van der Waals surface area contributed by atoms with Crippen LogP contribution in [0.2, 0.25) is 0 Å². The fourth-order valence-corrected chi connectivity index (χ4v) is 2.34. The number of hydrogen-bond donors (Lipinski definition) is 2. The van der Waals surface area contributed by atoms with Crippen LogP contribution in [0.25, 0.3) is 0 Å². The Hall–Kier alpha value is -1.16. The summed E-state index contributed by atoms with van der Waals surface area (Å²) in [5.74, 6) is -1.15. The molecule has 0 saturated carbocycles. The first-order chi connectivity index (χ1) is 9.70. The number of nitrogens with zero attached hydrogens (tertiary/aromatic N) is 2. The maximum Gasteiger partial charge on any atom is 0.441 e. The summed E-state index contributed by atoms with van der Waals surface area (Å²) < 4.78 is 35.7. The molecule has 1 atom stereocenters. The van der Waals surface area contributed by atoms with Gasteiger partial charge in [0.25, 0.3) is 0 Å². The maximum absolute atomic E-state index is 11.9. The highest BCUT2D eigenvalue weighted by molar-refractivity contribution is 8.00. The van der Waals surface area contributed by atoms with Crippen LogP contribution in [0.5, 0.6) is 0 Å². The van der Waals surface area contributed by atoms with Crippen LogP contribution in [0, 0.1) is 0 Å². The first-order valence-corrected chi connectivity index (χ1v) is 7.39. The van der Waals surface area contributed by atoms with Crippen molar-refractivity contribution in [3.8, 4) is 0 Å². The van der Waals surface area contributed by atoms with Gasteiger partial charge in [0.05, 0.1) is 0 Å². The number of thioether (sulfide) groups is 1. The van der Waals surface area contributed by atoms with Crippen molar-refractivity contribution in [3.05, 3.63) is 0 Å². The molecule has 1 aliphatic heterocycles. The lowest BCUT2D eigenvalue weighted by molar-refractivity contribution is -0.143. The molecule has 0 radical (unpaired) electrons. The summed E-state index contributed by atoms with van der Waals surface area (Å²) >= 11 is -0.177. The number of carbonyl (C=O) groups is 2. The largest absolute Gasteiger partial charge is 0.480 e. The van der Waals surface area contributed by atoms with Crippen LogP contribution in [0.3, 0.4) is 0 Å². The van der Waals surface area contributed by atoms with E-state index in [-0.39, 0.29) is 24.1 Å². The van der Waals surface area contributed by atoms with Gasteiger partial charge in [-0.25, -0.2) is 4.79 Å². The molecule has 1 heterocycles. The van der Waals surface area contributed by atoms with Crippen LogP contribution >= 0.6 is 11.8 Å². The lowest BCUT2D eigenvalue weighted by Crippen LogP contribution is -2.55. The number of aliphatic carboxylic acids is 1. The summed E-state index contributed by atoms with van der Waals surface area (Å²) in [5.41, 5.74) is -4.29. The van der Waals surface area contributed by atoms with Gasteiger partial charge in [-0.3, -0.25) is 9.69 Å². The van der Waals surface area contributed by atoms with Gasteiger partial charge in [-0.15, -0.1) is 0 Å². The summed E-state index contributed by atoms with van der Waals surface area (Å²) in [4.78, 5) is 25.8. The molecule has 1 fully saturated rings. The predicted molar refractivity (Wildman–Crippen MR) is 72.2 cm³/mol. The second kappa shape index (κ2) is 7.74. The predicted octanol–water partition coefficient (Wildman–Crippen LogP) is 1.04. The molecule has 1 rings (SSSR count). The Morgan fingerprint density at radius 1 is 1.29 bits per heavy atom. The third-order valence-corrected chi connectivity index (χ3v) is 3.89. The van der Waals surface area contributed by atoms with Gasteiger partial charge < -0.3 is 15.3 Å². The van der Waals surface area contributed by atoms with E-state index < -0.39 is 23.6 Å². The number of nitrogens with one attached hydrogen (secondary N) is 1. The summed E-state index contributed by atoms with van der Waals surface area (Å²) in [6.07, 6.45) is 0. The van der Waals surface area contributed by atoms with E-state index in [2.05, 4.69) is 5.32 Å². The zero-order valence-electron chi connectivity index (χ0n) is 11.5. The standard InChI is InChI=1S/C11H18F3N3O3S/c1-8(9(18)19)16-3-5-17(6-4-16)10(20)15-2-7-21-11(12,13)14/h8H,2-7H2,1H3,(H,15,20)(H,18,19). The summed E-state index contributed by atoms with van der Waals surface area (Å²) in [6.45, 7) is 3.09. The SMILES string of the molecule is CC(C(=O)O)N1CCN(C(=O)NCCSC(F)(F)F)CC1. The first-order valence-electron chi connectivity index (χ1n) is 6.41. The smallest absolute Gasteiger partial charge is 0.441 e. The van der Waals surface area contributed by atoms with Gasteiger partial charge in [0.1, 0.15) is 6.04 Å². The van der Waals surface area contributed by atoms with Crippen LogP contribution in [0.15, 0.2) is 0 Å². The Bertz CT molecular complexity index is 373. The fraction of sp³-hybridized carbons (Fsp3) is 0.818. The van der Waals surface area contributed by atoms with Gasteiger partial charge in [-0.2, -0.15) is 13.2 Å². The number of amides is 2. The van der Waals surface area contributed by atoms with Crippen molar-refractivity contribution in [2.24, 2.45) is 0 Å². The molecule has 10 heteroatoms. The van der Waals surface area contributed by atoms with E-state index in [0.717, 1.165) is 0 Å². The molecule has 2 N–H and O–H groups in total. The maximum atomic E-state index is 11.9. The van der Waals surface area contributed by atoms with Crippen LogP contribution in [-0.2, 0) is 4.79 Å². The van der Waals surface area contributed by atoms with E-state index in [4.69, 9.17) is 5.11 Å². The lowest BCUT2D eigenvalue weighted by Gasteiger charge is -2.36. The minimum Gasteiger partial charge on any atom is -0.480 e. The number of alkyl halides is 3. The minimum absolute atomic E-state index is 0.0608. The van der Waals surface area contributed by atoms with Gasteiger partial charge >= 0.3 is 17.5 Å². The molecule has 1 aliphatic rings. The van der Waals surface area contributed by atoms with Crippen molar-refractivity contribution in [1.29, 1.82) is 0 Å². The molecular formula is C11H18F3N3O3S. The Labute approximate surface area is 124 Å². The van der Waals surface area contributed by atoms with Crippen LogP contribution in [0.4, 0.5) is 18.0 Å². The Morgan fingerprint density at radius 2 is 1.86 bits per heavy atom. The zero-order chi connectivity index (χ0) is 16.0. The van der Waals surface area contributed by atoms with Crippen molar-refractivity contribution in [1.82, 2.24) is 15.1 Å². The van der Waals surface area contributed by atoms with Gasteiger partial charge in [-0.1, -0.05) is 0 Å². The average Bonchev–Trinajstić information content (AvgIpc) is 2.41. The molecule has 0 aromatic heterocycles. The topological polar surface area (TPSA) is 72.9 Å².